The molecule has 0 bridgehead atoms. The van der Waals surface area contributed by atoms with E-state index in [2.05, 4.69) is 43.4 Å². The second kappa shape index (κ2) is 7.46. The highest BCUT2D eigenvalue weighted by Gasteiger charge is 2.26. The zero-order valence-electron chi connectivity index (χ0n) is 15.3. The maximum Gasteiger partial charge on any atom is 0.121 e. The molecule has 1 saturated heterocycles. The summed E-state index contributed by atoms with van der Waals surface area (Å²) < 4.78 is 7.85. The summed E-state index contributed by atoms with van der Waals surface area (Å²) >= 11 is 0. The summed E-state index contributed by atoms with van der Waals surface area (Å²) in [5, 5.41) is 8.76. The lowest BCUT2D eigenvalue weighted by Crippen LogP contribution is -2.38. The van der Waals surface area contributed by atoms with Crippen LogP contribution < -0.4 is 0 Å². The molecule has 5 rings (SSSR count). The van der Waals surface area contributed by atoms with E-state index in [1.807, 2.05) is 41.2 Å². The van der Waals surface area contributed by atoms with E-state index >= 15 is 0 Å². The molecule has 0 aromatic carbocycles. The Balaban J connectivity index is 1.38. The molecule has 28 heavy (non-hydrogen) atoms. The molecule has 1 aliphatic heterocycles. The molecule has 0 saturated carbocycles. The van der Waals surface area contributed by atoms with Crippen molar-refractivity contribution in [2.75, 3.05) is 19.7 Å². The number of ether oxygens (including phenoxy) is 1. The molecule has 140 valence electrons. The molecule has 4 aromatic heterocycles. The Hall–Kier alpha value is -3.16. The van der Waals surface area contributed by atoms with Crippen molar-refractivity contribution in [2.24, 2.45) is 0 Å². The molecule has 0 N–H and O–H groups in total. The molecule has 4 aromatic rings. The van der Waals surface area contributed by atoms with Gasteiger partial charge in [-0.3, -0.25) is 14.9 Å². The fourth-order valence-corrected chi connectivity index (χ4v) is 3.59. The van der Waals surface area contributed by atoms with Gasteiger partial charge in [0.2, 0.25) is 0 Å². The number of rotatable bonds is 4. The number of aromatic nitrogens is 5. The van der Waals surface area contributed by atoms with Gasteiger partial charge in [0.05, 0.1) is 17.8 Å². The predicted molar refractivity (Wildman–Crippen MR) is 104 cm³/mol. The molecule has 0 aliphatic carbocycles. The molecular weight excluding hydrogens is 352 g/mol. The van der Waals surface area contributed by atoms with Gasteiger partial charge in [0, 0.05) is 50.0 Å². The summed E-state index contributed by atoms with van der Waals surface area (Å²) in [4.78, 5) is 10.9. The lowest BCUT2D eigenvalue weighted by molar-refractivity contribution is -0.0346. The molecule has 1 aliphatic rings. The SMILES string of the molecule is c1ccc(CN2CCOC(c3nnn4cc(-c5ccncc5)ccc34)C2)nc1. The first kappa shape index (κ1) is 17.0. The lowest BCUT2D eigenvalue weighted by atomic mass is 10.1. The van der Waals surface area contributed by atoms with Crippen molar-refractivity contribution in [1.82, 2.24) is 29.7 Å². The van der Waals surface area contributed by atoms with Crippen LogP contribution in [0.3, 0.4) is 0 Å². The van der Waals surface area contributed by atoms with Gasteiger partial charge in [-0.2, -0.15) is 0 Å². The molecule has 1 fully saturated rings. The van der Waals surface area contributed by atoms with Crippen LogP contribution in [-0.2, 0) is 11.3 Å². The third kappa shape index (κ3) is 3.37. The number of nitrogens with zero attached hydrogens (tertiary/aromatic N) is 6. The molecule has 0 amide bonds. The molecule has 7 nitrogen and oxygen atoms in total. The summed E-state index contributed by atoms with van der Waals surface area (Å²) in [6.07, 6.45) is 7.31. The Bertz CT molecular complexity index is 1070. The van der Waals surface area contributed by atoms with Crippen LogP contribution in [0.25, 0.3) is 16.6 Å². The van der Waals surface area contributed by atoms with E-state index in [4.69, 9.17) is 4.74 Å². The topological polar surface area (TPSA) is 68.4 Å². The van der Waals surface area contributed by atoms with Crippen LogP contribution in [0, 0.1) is 0 Å². The van der Waals surface area contributed by atoms with Crippen LogP contribution >= 0.6 is 0 Å². The highest BCUT2D eigenvalue weighted by Crippen LogP contribution is 2.27. The minimum absolute atomic E-state index is 0.0956. The van der Waals surface area contributed by atoms with Crippen LogP contribution in [0.15, 0.2) is 67.3 Å². The van der Waals surface area contributed by atoms with Crippen LogP contribution in [-0.4, -0.2) is 49.4 Å². The van der Waals surface area contributed by atoms with E-state index in [1.165, 1.54) is 0 Å². The fourth-order valence-electron chi connectivity index (χ4n) is 3.59. The molecule has 5 heterocycles. The van der Waals surface area contributed by atoms with Gasteiger partial charge in [-0.15, -0.1) is 5.10 Å². The fraction of sp³-hybridized carbons (Fsp3) is 0.238. The van der Waals surface area contributed by atoms with Gasteiger partial charge in [0.25, 0.3) is 0 Å². The number of pyridine rings is 3. The van der Waals surface area contributed by atoms with Crippen molar-refractivity contribution in [2.45, 2.75) is 12.6 Å². The first-order valence-corrected chi connectivity index (χ1v) is 9.36. The highest BCUT2D eigenvalue weighted by molar-refractivity contribution is 5.65. The van der Waals surface area contributed by atoms with Crippen LogP contribution in [0.1, 0.15) is 17.5 Å². The minimum atomic E-state index is -0.0956. The molecule has 7 heteroatoms. The van der Waals surface area contributed by atoms with Gasteiger partial charge in [-0.25, -0.2) is 4.52 Å². The third-order valence-corrected chi connectivity index (χ3v) is 5.02. The zero-order chi connectivity index (χ0) is 18.8. The quantitative estimate of drug-likeness (QED) is 0.549. The van der Waals surface area contributed by atoms with E-state index in [0.717, 1.165) is 47.7 Å². The zero-order valence-corrected chi connectivity index (χ0v) is 15.3. The van der Waals surface area contributed by atoms with Gasteiger partial charge in [-0.05, 0) is 35.9 Å². The van der Waals surface area contributed by atoms with Gasteiger partial charge in [0.1, 0.15) is 11.8 Å². The van der Waals surface area contributed by atoms with Crippen molar-refractivity contribution in [3.05, 3.63) is 78.6 Å². The lowest BCUT2D eigenvalue weighted by Gasteiger charge is -2.31. The second-order valence-corrected chi connectivity index (χ2v) is 6.87. The Morgan fingerprint density at radius 1 is 1.00 bits per heavy atom. The summed E-state index contributed by atoms with van der Waals surface area (Å²) in [5.74, 6) is 0. The summed E-state index contributed by atoms with van der Waals surface area (Å²) in [6, 6.07) is 14.1. The van der Waals surface area contributed by atoms with Crippen LogP contribution in [0.4, 0.5) is 0 Å². The number of morpholine rings is 1. The minimum Gasteiger partial charge on any atom is -0.369 e. The van der Waals surface area contributed by atoms with E-state index in [9.17, 15) is 0 Å². The first-order chi connectivity index (χ1) is 13.9. The van der Waals surface area contributed by atoms with Gasteiger partial charge in [0.15, 0.2) is 0 Å². The Morgan fingerprint density at radius 3 is 2.79 bits per heavy atom. The average molecular weight is 372 g/mol. The monoisotopic (exact) mass is 372 g/mol. The van der Waals surface area contributed by atoms with Crippen LogP contribution in [0.2, 0.25) is 0 Å². The van der Waals surface area contributed by atoms with E-state index in [-0.39, 0.29) is 6.10 Å². The molecule has 0 spiro atoms. The van der Waals surface area contributed by atoms with E-state index in [0.29, 0.717) is 6.61 Å². The van der Waals surface area contributed by atoms with Crippen LogP contribution in [0.5, 0.6) is 0 Å². The summed E-state index contributed by atoms with van der Waals surface area (Å²) in [7, 11) is 0. The molecule has 0 radical (unpaired) electrons. The largest absolute Gasteiger partial charge is 0.369 e. The van der Waals surface area contributed by atoms with Crippen molar-refractivity contribution < 1.29 is 4.74 Å². The number of hydrogen-bond donors (Lipinski definition) is 0. The summed E-state index contributed by atoms with van der Waals surface area (Å²) in [6.45, 7) is 3.15. The number of hydrogen-bond acceptors (Lipinski definition) is 6. The second-order valence-electron chi connectivity index (χ2n) is 6.87. The number of fused-ring (bicyclic) bond motifs is 1. The molecular formula is C21H20N6O. The van der Waals surface area contributed by atoms with Crippen molar-refractivity contribution >= 4 is 5.52 Å². The van der Waals surface area contributed by atoms with Crippen molar-refractivity contribution in [3.8, 4) is 11.1 Å². The third-order valence-electron chi connectivity index (χ3n) is 5.02. The predicted octanol–water partition coefficient (Wildman–Crippen LogP) is 2.76. The molecule has 1 atom stereocenters. The Kier molecular flexibility index (Phi) is 4.52. The maximum absolute atomic E-state index is 6.03. The normalized spacial score (nSPS) is 17.8. The highest BCUT2D eigenvalue weighted by atomic mass is 16.5. The Labute approximate surface area is 162 Å². The van der Waals surface area contributed by atoms with Crippen molar-refractivity contribution in [3.63, 3.8) is 0 Å². The van der Waals surface area contributed by atoms with Gasteiger partial charge < -0.3 is 4.74 Å². The molecule has 1 unspecified atom stereocenters. The van der Waals surface area contributed by atoms with Crippen molar-refractivity contribution in [1.29, 1.82) is 0 Å². The van der Waals surface area contributed by atoms with E-state index < -0.39 is 0 Å². The van der Waals surface area contributed by atoms with E-state index in [1.54, 1.807) is 12.4 Å². The smallest absolute Gasteiger partial charge is 0.121 e. The Morgan fingerprint density at radius 2 is 1.93 bits per heavy atom. The maximum atomic E-state index is 6.03. The standard InChI is InChI=1S/C21H20N6O/c1-2-8-23-18(3-1)14-26-11-12-28-20(15-26)21-19-5-4-17(13-27(19)25-24-21)16-6-9-22-10-7-16/h1-10,13,20H,11-12,14-15H2. The first-order valence-electron chi connectivity index (χ1n) is 9.36. The summed E-state index contributed by atoms with van der Waals surface area (Å²) in [5.41, 5.74) is 5.10. The average Bonchev–Trinajstić information content (AvgIpc) is 3.19. The van der Waals surface area contributed by atoms with Gasteiger partial charge in [-0.1, -0.05) is 17.3 Å². The van der Waals surface area contributed by atoms with Gasteiger partial charge >= 0.3 is 0 Å².